The lowest BCUT2D eigenvalue weighted by Crippen LogP contribution is -2.43. The van der Waals surface area contributed by atoms with E-state index in [1.54, 1.807) is 19.0 Å². The number of amides is 1. The van der Waals surface area contributed by atoms with Crippen LogP contribution in [0.2, 0.25) is 0 Å². The molecule has 1 unspecified atom stereocenters. The van der Waals surface area contributed by atoms with Crippen molar-refractivity contribution in [3.63, 3.8) is 0 Å². The Labute approximate surface area is 160 Å². The highest BCUT2D eigenvalue weighted by atomic mass is 127. The second-order valence-corrected chi connectivity index (χ2v) is 6.92. The molecule has 1 amide bonds. The molecule has 0 aromatic carbocycles. The number of hydrogen-bond donors (Lipinski definition) is 2. The zero-order valence-corrected chi connectivity index (χ0v) is 16.9. The maximum atomic E-state index is 11.7. The van der Waals surface area contributed by atoms with Gasteiger partial charge in [-0.25, -0.2) is 4.99 Å². The van der Waals surface area contributed by atoms with Crippen LogP contribution in [0.25, 0.3) is 0 Å². The molecule has 1 atom stereocenters. The number of rotatable bonds is 5. The second-order valence-electron chi connectivity index (χ2n) is 6.92. The molecule has 2 saturated carbocycles. The van der Waals surface area contributed by atoms with Crippen LogP contribution in [0, 0.1) is 0 Å². The summed E-state index contributed by atoms with van der Waals surface area (Å²) in [6.07, 6.45) is 6.74. The standard InChI is InChI=1S/C16H28N4O3.HI/c1-20(2)14(21)10-18-15(19-12-5-6-12)17-9-13-11-22-16(23-13)7-3-4-8-16;/h12-13H,3-11H2,1-2H3,(H2,17,18,19);1H. The van der Waals surface area contributed by atoms with Crippen LogP contribution in [0.5, 0.6) is 0 Å². The van der Waals surface area contributed by atoms with E-state index in [1.807, 2.05) is 0 Å². The van der Waals surface area contributed by atoms with E-state index in [-0.39, 0.29) is 48.3 Å². The van der Waals surface area contributed by atoms with Crippen LogP contribution in [0.4, 0.5) is 0 Å². The number of likely N-dealkylation sites (N-methyl/N-ethyl adjacent to an activating group) is 1. The molecule has 3 rings (SSSR count). The smallest absolute Gasteiger partial charge is 0.243 e. The highest BCUT2D eigenvalue weighted by Gasteiger charge is 2.43. The van der Waals surface area contributed by atoms with Crippen LogP contribution in [-0.2, 0) is 14.3 Å². The van der Waals surface area contributed by atoms with Crippen molar-refractivity contribution < 1.29 is 14.3 Å². The maximum absolute atomic E-state index is 11.7. The summed E-state index contributed by atoms with van der Waals surface area (Å²) in [7, 11) is 3.48. The summed E-state index contributed by atoms with van der Waals surface area (Å²) in [6.45, 7) is 1.43. The second kappa shape index (κ2) is 8.66. The Morgan fingerprint density at radius 3 is 2.62 bits per heavy atom. The van der Waals surface area contributed by atoms with Gasteiger partial charge in [-0.05, 0) is 25.7 Å². The third-order valence-corrected chi connectivity index (χ3v) is 4.57. The van der Waals surface area contributed by atoms with Crippen molar-refractivity contribution in [3.05, 3.63) is 0 Å². The van der Waals surface area contributed by atoms with Crippen LogP contribution in [0.1, 0.15) is 38.5 Å². The van der Waals surface area contributed by atoms with Gasteiger partial charge in [0.05, 0.1) is 6.61 Å². The van der Waals surface area contributed by atoms with E-state index < -0.39 is 0 Å². The summed E-state index contributed by atoms with van der Waals surface area (Å²) in [5, 5.41) is 6.64. The van der Waals surface area contributed by atoms with E-state index in [9.17, 15) is 4.79 Å². The predicted octanol–water partition coefficient (Wildman–Crippen LogP) is 1.08. The predicted molar refractivity (Wildman–Crippen MR) is 103 cm³/mol. The zero-order chi connectivity index (χ0) is 16.3. The number of hydrogen-bond acceptors (Lipinski definition) is 4. The van der Waals surface area contributed by atoms with E-state index in [4.69, 9.17) is 9.47 Å². The van der Waals surface area contributed by atoms with Gasteiger partial charge in [0.25, 0.3) is 0 Å². The SMILES string of the molecule is CN(C)C(=O)CN=C(NCC1COC2(CCCC2)O1)NC1CC1.I. The Morgan fingerprint density at radius 1 is 1.29 bits per heavy atom. The van der Waals surface area contributed by atoms with Crippen LogP contribution >= 0.6 is 24.0 Å². The number of aliphatic imine (C=N–C) groups is 1. The Kier molecular flexibility index (Phi) is 7.11. The number of carbonyl (C=O) groups is 1. The molecule has 1 saturated heterocycles. The fourth-order valence-electron chi connectivity index (χ4n) is 2.97. The van der Waals surface area contributed by atoms with Crippen molar-refractivity contribution in [1.29, 1.82) is 0 Å². The Morgan fingerprint density at radius 2 is 2.00 bits per heavy atom. The van der Waals surface area contributed by atoms with Crippen molar-refractivity contribution in [2.75, 3.05) is 33.8 Å². The Hall–Kier alpha value is -0.610. The summed E-state index contributed by atoms with van der Waals surface area (Å²) in [5.74, 6) is 0.361. The van der Waals surface area contributed by atoms with Gasteiger partial charge in [-0.15, -0.1) is 24.0 Å². The van der Waals surface area contributed by atoms with Gasteiger partial charge < -0.3 is 25.0 Å². The highest BCUT2D eigenvalue weighted by molar-refractivity contribution is 14.0. The number of halogens is 1. The molecule has 0 aromatic heterocycles. The lowest BCUT2D eigenvalue weighted by molar-refractivity contribution is -0.160. The quantitative estimate of drug-likeness (QED) is 0.371. The van der Waals surface area contributed by atoms with Crippen LogP contribution in [0.15, 0.2) is 4.99 Å². The molecular formula is C16H29IN4O3. The number of nitrogens with one attached hydrogen (secondary N) is 2. The minimum atomic E-state index is -0.325. The molecule has 0 bridgehead atoms. The Bertz CT molecular complexity index is 462. The molecular weight excluding hydrogens is 423 g/mol. The van der Waals surface area contributed by atoms with Gasteiger partial charge in [0.15, 0.2) is 11.7 Å². The molecule has 138 valence electrons. The molecule has 1 spiro atoms. The lowest BCUT2D eigenvalue weighted by Gasteiger charge is -2.22. The van der Waals surface area contributed by atoms with Gasteiger partial charge in [0, 0.05) is 39.5 Å². The number of guanidine groups is 1. The van der Waals surface area contributed by atoms with E-state index >= 15 is 0 Å². The molecule has 3 fully saturated rings. The zero-order valence-electron chi connectivity index (χ0n) is 14.5. The topological polar surface area (TPSA) is 75.2 Å². The fraction of sp³-hybridized carbons (Fsp3) is 0.875. The monoisotopic (exact) mass is 452 g/mol. The van der Waals surface area contributed by atoms with Gasteiger partial charge >= 0.3 is 0 Å². The average Bonchev–Trinajstić information content (AvgIpc) is 3.08. The minimum absolute atomic E-state index is 0. The van der Waals surface area contributed by atoms with Crippen LogP contribution in [0.3, 0.4) is 0 Å². The molecule has 0 radical (unpaired) electrons. The number of ether oxygens (including phenoxy) is 2. The number of carbonyl (C=O) groups excluding carboxylic acids is 1. The fourth-order valence-corrected chi connectivity index (χ4v) is 2.97. The molecule has 8 heteroatoms. The average molecular weight is 452 g/mol. The molecule has 7 nitrogen and oxygen atoms in total. The summed E-state index contributed by atoms with van der Waals surface area (Å²) in [6, 6.07) is 0.484. The number of nitrogens with zero attached hydrogens (tertiary/aromatic N) is 2. The van der Waals surface area contributed by atoms with Crippen LogP contribution in [-0.4, -0.2) is 68.5 Å². The summed E-state index contributed by atoms with van der Waals surface area (Å²) < 4.78 is 12.0. The van der Waals surface area contributed by atoms with E-state index in [2.05, 4.69) is 15.6 Å². The molecule has 1 aliphatic heterocycles. The first kappa shape index (κ1) is 19.7. The maximum Gasteiger partial charge on any atom is 0.243 e. The Balaban J connectivity index is 0.00000208. The summed E-state index contributed by atoms with van der Waals surface area (Å²) in [5.41, 5.74) is 0. The van der Waals surface area contributed by atoms with Crippen molar-refractivity contribution in [2.45, 2.75) is 56.5 Å². The molecule has 24 heavy (non-hydrogen) atoms. The van der Waals surface area contributed by atoms with E-state index in [0.29, 0.717) is 25.2 Å². The summed E-state index contributed by atoms with van der Waals surface area (Å²) >= 11 is 0. The van der Waals surface area contributed by atoms with Gasteiger partial charge in [-0.2, -0.15) is 0 Å². The third kappa shape index (κ3) is 5.45. The molecule has 2 aliphatic carbocycles. The largest absolute Gasteiger partial charge is 0.354 e. The molecule has 3 aliphatic rings. The normalized spacial score (nSPS) is 25.4. The lowest BCUT2D eigenvalue weighted by atomic mass is 10.2. The van der Waals surface area contributed by atoms with E-state index in [1.165, 1.54) is 12.8 Å². The van der Waals surface area contributed by atoms with Crippen LogP contribution < -0.4 is 10.6 Å². The van der Waals surface area contributed by atoms with Crippen molar-refractivity contribution in [1.82, 2.24) is 15.5 Å². The van der Waals surface area contributed by atoms with Gasteiger partial charge in [-0.3, -0.25) is 4.79 Å². The third-order valence-electron chi connectivity index (χ3n) is 4.57. The van der Waals surface area contributed by atoms with Crippen molar-refractivity contribution in [3.8, 4) is 0 Å². The van der Waals surface area contributed by atoms with Gasteiger partial charge in [-0.1, -0.05) is 0 Å². The van der Waals surface area contributed by atoms with Crippen molar-refractivity contribution in [2.24, 2.45) is 4.99 Å². The summed E-state index contributed by atoms with van der Waals surface area (Å²) in [4.78, 5) is 17.6. The molecule has 2 N–H and O–H groups in total. The van der Waals surface area contributed by atoms with Gasteiger partial charge in [0.2, 0.25) is 5.91 Å². The van der Waals surface area contributed by atoms with Gasteiger partial charge in [0.1, 0.15) is 12.6 Å². The first-order valence-corrected chi connectivity index (χ1v) is 8.63. The molecule has 1 heterocycles. The molecule has 0 aromatic rings. The first-order chi connectivity index (χ1) is 11.1. The minimum Gasteiger partial charge on any atom is -0.354 e. The van der Waals surface area contributed by atoms with Crippen molar-refractivity contribution >= 4 is 35.8 Å². The first-order valence-electron chi connectivity index (χ1n) is 8.63. The van der Waals surface area contributed by atoms with E-state index in [0.717, 1.165) is 25.7 Å². The highest BCUT2D eigenvalue weighted by Crippen LogP contribution is 2.38.